The monoisotopic (exact) mass is 1380 g/mol. The molecule has 2 saturated carbocycles. The number of halogens is 1. The number of nitrogens with two attached hydrogens (primary N) is 1. The van der Waals surface area contributed by atoms with Gasteiger partial charge in [-0.2, -0.15) is 0 Å². The maximum atomic E-state index is 13.3. The van der Waals surface area contributed by atoms with Crippen LogP contribution in [0.15, 0.2) is 123 Å². The summed E-state index contributed by atoms with van der Waals surface area (Å²) >= 11 is 0. The molecule has 6 N–H and O–H groups in total. The first kappa shape index (κ1) is 72.7. The molecule has 2 aliphatic heterocycles. The standard InChI is InChI=1S/C41H50N6O6.C35H41N7O4.ClH/c1-10-35(48)43-30-15-31(34(51-9)16-33(30)47-21-25-17-41(7,18-26(25)22-47)19-36(49)53-40(4,5)6)44-39-42-20-28(38(50)52-24(2)3)37(45-39)29-23-46(8)32-14-12-11-13-27(29)32;1-7-31(43)38-26-12-27(30(45-6)13-29(26)42-17-21-14-35(4,36)15-22(21)18-42)39-34-37-16-24(33(44)46-20(2)3)32(40-34)25-19-41(5)28-11-9-8-10-23(25)28;/h10-16,20,23-26H,1,17-19,21-22H2,2-9H3,(H,43,48)(H,42,44,45);7-13,16,19-22H,1,14-15,17-18,36H2,2-6H3,(H,38,43)(H,37,39,40);1H. The minimum Gasteiger partial charge on any atom is -0.494 e. The molecule has 23 nitrogen and oxygen atoms in total. The number of fused-ring (bicyclic) bond motifs is 4. The minimum absolute atomic E-state index is 0. The Labute approximate surface area is 590 Å². The van der Waals surface area contributed by atoms with Crippen LogP contribution in [0.25, 0.3) is 44.3 Å². The maximum Gasteiger partial charge on any atom is 0.342 e. The number of ether oxygens (including phenoxy) is 5. The van der Waals surface area contributed by atoms with E-state index in [1.165, 1.54) is 24.5 Å². The summed E-state index contributed by atoms with van der Waals surface area (Å²) in [6, 6.07) is 23.3. The van der Waals surface area contributed by atoms with Gasteiger partial charge in [-0.15, -0.1) is 12.4 Å². The summed E-state index contributed by atoms with van der Waals surface area (Å²) in [5.41, 5.74) is 14.5. The van der Waals surface area contributed by atoms with Crippen LogP contribution in [0.3, 0.4) is 0 Å². The van der Waals surface area contributed by atoms with Crippen LogP contribution in [0.2, 0.25) is 0 Å². The normalized spacial score (nSPS) is 19.8. The first-order chi connectivity index (χ1) is 47.0. The Morgan fingerprint density at radius 3 is 1.38 bits per heavy atom. The highest BCUT2D eigenvalue weighted by molar-refractivity contribution is 6.06. The van der Waals surface area contributed by atoms with Crippen molar-refractivity contribution >= 4 is 110 Å². The van der Waals surface area contributed by atoms with Crippen LogP contribution >= 0.6 is 12.4 Å². The lowest BCUT2D eigenvalue weighted by Gasteiger charge is -2.29. The highest BCUT2D eigenvalue weighted by Crippen LogP contribution is 2.53. The fourth-order valence-corrected chi connectivity index (χ4v) is 14.9. The van der Waals surface area contributed by atoms with E-state index in [-0.39, 0.29) is 76.4 Å². The van der Waals surface area contributed by atoms with E-state index in [2.05, 4.69) is 68.0 Å². The molecule has 4 fully saturated rings. The number of hydrogen-bond donors (Lipinski definition) is 5. The van der Waals surface area contributed by atoms with E-state index in [1.807, 2.05) is 123 Å². The van der Waals surface area contributed by atoms with Crippen molar-refractivity contribution in [2.24, 2.45) is 48.9 Å². The number of nitrogens with zero attached hydrogens (tertiary/aromatic N) is 8. The third-order valence-corrected chi connectivity index (χ3v) is 18.8. The van der Waals surface area contributed by atoms with Crippen molar-refractivity contribution in [2.75, 3.05) is 71.5 Å². The van der Waals surface area contributed by atoms with Gasteiger partial charge in [-0.3, -0.25) is 14.4 Å². The van der Waals surface area contributed by atoms with E-state index in [9.17, 15) is 24.0 Å². The Morgan fingerprint density at radius 1 is 0.620 bits per heavy atom. The molecule has 0 bridgehead atoms. The van der Waals surface area contributed by atoms with Crippen molar-refractivity contribution in [3.8, 4) is 34.0 Å². The van der Waals surface area contributed by atoms with E-state index in [0.717, 1.165) is 96.2 Å². The van der Waals surface area contributed by atoms with E-state index in [4.69, 9.17) is 39.4 Å². The van der Waals surface area contributed by atoms with E-state index in [0.29, 0.717) is 75.7 Å². The molecule has 0 spiro atoms. The van der Waals surface area contributed by atoms with Crippen LogP contribution in [-0.2, 0) is 42.7 Å². The number of benzene rings is 4. The number of anilines is 8. The molecule has 24 heteroatoms. The number of amides is 2. The molecule has 100 heavy (non-hydrogen) atoms. The second-order valence-electron chi connectivity index (χ2n) is 28.8. The summed E-state index contributed by atoms with van der Waals surface area (Å²) in [6.07, 6.45) is 12.8. The van der Waals surface area contributed by atoms with Crippen LogP contribution in [-0.4, -0.2) is 123 Å². The zero-order valence-corrected chi connectivity index (χ0v) is 60.1. The molecule has 4 aliphatic rings. The number of rotatable bonds is 20. The average molecular weight is 1380 g/mol. The number of hydrogen-bond acceptors (Lipinski definition) is 19. The number of carbonyl (C=O) groups is 5. The largest absolute Gasteiger partial charge is 0.494 e. The van der Waals surface area contributed by atoms with Crippen LogP contribution in [0.1, 0.15) is 115 Å². The van der Waals surface area contributed by atoms with Gasteiger partial charge in [-0.25, -0.2) is 29.5 Å². The van der Waals surface area contributed by atoms with Crippen molar-refractivity contribution in [3.63, 3.8) is 0 Å². The first-order valence-electron chi connectivity index (χ1n) is 33.6. The molecular formula is C76H92ClN13O10. The summed E-state index contributed by atoms with van der Waals surface area (Å²) in [5, 5.41) is 14.4. The average Bonchev–Trinajstić information content (AvgIpc) is 1.58. The Kier molecular flexibility index (Phi) is 21.4. The third-order valence-electron chi connectivity index (χ3n) is 18.8. The molecule has 6 heterocycles. The SMILES string of the molecule is C=CC(=O)Nc1cc(Nc2ncc(C(=O)OC(C)C)c(-c3cn(C)c4ccccc34)n2)c(OC)cc1N1CC2CC(C)(CC(=O)OC(C)(C)C)CC2C1.C=CC(=O)Nc1cc(Nc2ncc(C(=O)OC(C)C)c(-c3cn(C)c4ccccc34)n2)c(OC)cc1N1CC2CC(C)(N)CC2C1.Cl. The number of para-hydroxylation sites is 2. The predicted molar refractivity (Wildman–Crippen MR) is 394 cm³/mol. The summed E-state index contributed by atoms with van der Waals surface area (Å²) < 4.78 is 32.5. The molecule has 2 aliphatic carbocycles. The Balaban J connectivity index is 0.000000216. The van der Waals surface area contributed by atoms with Gasteiger partial charge in [0.2, 0.25) is 23.7 Å². The maximum absolute atomic E-state index is 13.3. The van der Waals surface area contributed by atoms with Crippen LogP contribution in [0, 0.1) is 29.1 Å². The van der Waals surface area contributed by atoms with E-state index in [1.54, 1.807) is 48.0 Å². The molecular weight excluding hydrogens is 1290 g/mol. The van der Waals surface area contributed by atoms with Gasteiger partial charge < -0.3 is 69.6 Å². The summed E-state index contributed by atoms with van der Waals surface area (Å²) in [5.74, 6) is 1.42. The lowest BCUT2D eigenvalue weighted by Crippen LogP contribution is -2.35. The molecule has 4 aromatic heterocycles. The number of esters is 3. The van der Waals surface area contributed by atoms with Crippen molar-refractivity contribution < 1.29 is 47.7 Å². The first-order valence-corrected chi connectivity index (χ1v) is 33.6. The number of methoxy groups -OCH3 is 2. The van der Waals surface area contributed by atoms with Crippen molar-refractivity contribution in [2.45, 2.75) is 118 Å². The van der Waals surface area contributed by atoms with Gasteiger partial charge in [0.15, 0.2) is 0 Å². The zero-order chi connectivity index (χ0) is 71.0. The number of aromatic nitrogens is 6. The second-order valence-corrected chi connectivity index (χ2v) is 28.8. The second kappa shape index (κ2) is 29.4. The van der Waals surface area contributed by atoms with Crippen molar-refractivity contribution in [3.05, 3.63) is 134 Å². The van der Waals surface area contributed by atoms with Gasteiger partial charge in [0.25, 0.3) is 0 Å². The molecule has 0 radical (unpaired) electrons. The Bertz CT molecular complexity index is 4430. The smallest absolute Gasteiger partial charge is 0.342 e. The minimum atomic E-state index is -0.522. The van der Waals surface area contributed by atoms with Crippen LogP contribution in [0.5, 0.6) is 11.5 Å². The quantitative estimate of drug-likeness (QED) is 0.0269. The molecule has 4 atom stereocenters. The number of aryl methyl sites for hydroxylation is 2. The Hall–Kier alpha value is -10.0. The van der Waals surface area contributed by atoms with Crippen LogP contribution < -0.4 is 46.3 Å². The zero-order valence-electron chi connectivity index (χ0n) is 59.3. The molecule has 4 unspecified atom stereocenters. The Morgan fingerprint density at radius 2 is 1.01 bits per heavy atom. The van der Waals surface area contributed by atoms with Gasteiger partial charge >= 0.3 is 17.9 Å². The lowest BCUT2D eigenvalue weighted by atomic mass is 9.83. The van der Waals surface area contributed by atoms with Gasteiger partial charge in [0.05, 0.1) is 78.4 Å². The summed E-state index contributed by atoms with van der Waals surface area (Å²) in [4.78, 5) is 87.8. The molecule has 2 amide bonds. The number of carbonyl (C=O) groups excluding carboxylic acids is 5. The van der Waals surface area contributed by atoms with Crippen molar-refractivity contribution in [1.29, 1.82) is 0 Å². The highest BCUT2D eigenvalue weighted by Gasteiger charge is 2.49. The topological polar surface area (TPSA) is 274 Å². The lowest BCUT2D eigenvalue weighted by molar-refractivity contribution is -0.157. The fraction of sp³-hybridized carbons (Fsp3) is 0.408. The van der Waals surface area contributed by atoms with Crippen LogP contribution in [0.4, 0.5) is 46.0 Å². The molecule has 2 saturated heterocycles. The number of nitrogens with one attached hydrogen (secondary N) is 4. The summed E-state index contributed by atoms with van der Waals surface area (Å²) in [6.45, 7) is 27.7. The van der Waals surface area contributed by atoms with E-state index >= 15 is 0 Å². The van der Waals surface area contributed by atoms with Gasteiger partial charge in [-0.1, -0.05) is 56.5 Å². The fourth-order valence-electron chi connectivity index (χ4n) is 14.9. The van der Waals surface area contributed by atoms with E-state index < -0.39 is 17.5 Å². The van der Waals surface area contributed by atoms with Gasteiger partial charge in [0.1, 0.15) is 28.2 Å². The van der Waals surface area contributed by atoms with Crippen molar-refractivity contribution in [1.82, 2.24) is 29.1 Å². The van der Waals surface area contributed by atoms with Gasteiger partial charge in [0, 0.05) is 116 Å². The van der Waals surface area contributed by atoms with Gasteiger partial charge in [-0.05, 0) is 147 Å². The predicted octanol–water partition coefficient (Wildman–Crippen LogP) is 13.7. The molecule has 528 valence electrons. The molecule has 8 aromatic rings. The molecule has 4 aromatic carbocycles. The summed E-state index contributed by atoms with van der Waals surface area (Å²) in [7, 11) is 7.07. The molecule has 12 rings (SSSR count). The highest BCUT2D eigenvalue weighted by atomic mass is 35.5. The third kappa shape index (κ3) is 16.0.